The summed E-state index contributed by atoms with van der Waals surface area (Å²) in [7, 11) is 0. The van der Waals surface area contributed by atoms with Gasteiger partial charge in [0.05, 0.1) is 18.1 Å². The molecule has 0 amide bonds. The fraction of sp³-hybridized carbons (Fsp3) is 0.667. The number of carbonyl (C=O) groups is 4. The van der Waals surface area contributed by atoms with Gasteiger partial charge in [-0.1, -0.05) is 39.0 Å². The molecule has 50 heavy (non-hydrogen) atoms. The van der Waals surface area contributed by atoms with Gasteiger partial charge in [-0.25, -0.2) is 9.59 Å². The summed E-state index contributed by atoms with van der Waals surface area (Å²) >= 11 is 0. The predicted octanol–water partition coefficient (Wildman–Crippen LogP) is 5.24. The Morgan fingerprint density at radius 1 is 0.880 bits per heavy atom. The Morgan fingerprint density at radius 2 is 1.52 bits per heavy atom. The highest BCUT2D eigenvalue weighted by molar-refractivity contribution is 5.89. The number of hydrogen-bond donors (Lipinski definition) is 0. The molecular weight excluding hydrogens is 665 g/mol. The second-order valence-electron chi connectivity index (χ2n) is 15.3. The third-order valence-corrected chi connectivity index (χ3v) is 11.5. The molecule has 0 unspecified atom stereocenters. The fourth-order valence-corrected chi connectivity index (χ4v) is 9.49. The van der Waals surface area contributed by atoms with E-state index in [2.05, 4.69) is 0 Å². The SMILES string of the molecule is CC(=O)O[C@H]1C[C@H]2[C@@H](OC(=O)c3ccccc3)[C@@H]3[C@]4(OC(=O)C(F)(F)F)CO[C@@H]4C[C@H](OC(C)=O)[C@@]3(C)[C@H]3OC(C)(C)O[C@@H]3C(=C1C)C2(C)C. The van der Waals surface area contributed by atoms with Gasteiger partial charge in [0.15, 0.2) is 11.4 Å². The summed E-state index contributed by atoms with van der Waals surface area (Å²) in [5.74, 6) is -7.81. The summed E-state index contributed by atoms with van der Waals surface area (Å²) in [6.45, 7) is 12.7. The molecule has 274 valence electrons. The van der Waals surface area contributed by atoms with Crippen LogP contribution in [0.2, 0.25) is 0 Å². The normalized spacial score (nSPS) is 38.1. The third kappa shape index (κ3) is 5.71. The van der Waals surface area contributed by atoms with E-state index in [-0.39, 0.29) is 18.4 Å². The molecule has 4 fully saturated rings. The molecule has 2 heterocycles. The number of ether oxygens (including phenoxy) is 7. The van der Waals surface area contributed by atoms with Crippen molar-refractivity contribution >= 4 is 23.9 Å². The number of alkyl halides is 3. The van der Waals surface area contributed by atoms with Crippen LogP contribution in [0.15, 0.2) is 41.5 Å². The lowest BCUT2D eigenvalue weighted by Gasteiger charge is -2.67. The number of rotatable bonds is 5. The summed E-state index contributed by atoms with van der Waals surface area (Å²) in [6.07, 6.45) is -11.8. The van der Waals surface area contributed by atoms with Crippen molar-refractivity contribution in [1.29, 1.82) is 0 Å². The lowest BCUT2D eigenvalue weighted by atomic mass is 9.45. The van der Waals surface area contributed by atoms with E-state index in [0.717, 1.165) is 0 Å². The van der Waals surface area contributed by atoms with Gasteiger partial charge in [0.2, 0.25) is 0 Å². The molecular formula is C36H43F3O11. The van der Waals surface area contributed by atoms with Crippen LogP contribution in [0.3, 0.4) is 0 Å². The van der Waals surface area contributed by atoms with Crippen LogP contribution >= 0.6 is 0 Å². The van der Waals surface area contributed by atoms with Crippen molar-refractivity contribution in [2.75, 3.05) is 6.61 Å². The van der Waals surface area contributed by atoms with E-state index in [1.807, 2.05) is 20.8 Å². The highest BCUT2D eigenvalue weighted by Crippen LogP contribution is 2.67. The van der Waals surface area contributed by atoms with Gasteiger partial charge in [-0.2, -0.15) is 13.2 Å². The largest absolute Gasteiger partial charge is 0.490 e. The zero-order valence-corrected chi connectivity index (χ0v) is 29.3. The number of benzene rings is 1. The smallest absolute Gasteiger partial charge is 0.462 e. The Bertz CT molecular complexity index is 1600. The van der Waals surface area contributed by atoms with Crippen molar-refractivity contribution in [3.63, 3.8) is 0 Å². The molecule has 10 atom stereocenters. The Balaban J connectivity index is 1.67. The van der Waals surface area contributed by atoms with Crippen molar-refractivity contribution in [1.82, 2.24) is 0 Å². The van der Waals surface area contributed by atoms with Gasteiger partial charge in [0.25, 0.3) is 0 Å². The zero-order chi connectivity index (χ0) is 36.8. The number of fused-ring (bicyclic) bond motifs is 8. The van der Waals surface area contributed by atoms with E-state index < -0.39 is 107 Å². The molecule has 0 spiro atoms. The van der Waals surface area contributed by atoms with Gasteiger partial charge in [-0.3, -0.25) is 9.59 Å². The first-order valence-electron chi connectivity index (χ1n) is 16.7. The minimum absolute atomic E-state index is 0.0932. The van der Waals surface area contributed by atoms with Gasteiger partial charge in [-0.05, 0) is 55.9 Å². The second kappa shape index (κ2) is 12.0. The molecule has 6 rings (SSSR count). The van der Waals surface area contributed by atoms with Gasteiger partial charge in [-0.15, -0.1) is 0 Å². The van der Waals surface area contributed by atoms with Crippen molar-refractivity contribution in [3.05, 3.63) is 47.0 Å². The van der Waals surface area contributed by atoms with Crippen LogP contribution in [0.25, 0.3) is 0 Å². The lowest BCUT2D eigenvalue weighted by Crippen LogP contribution is -2.80. The van der Waals surface area contributed by atoms with E-state index in [1.54, 1.807) is 39.0 Å². The van der Waals surface area contributed by atoms with E-state index in [9.17, 15) is 32.3 Å². The maximum atomic E-state index is 14.1. The van der Waals surface area contributed by atoms with Gasteiger partial charge < -0.3 is 33.2 Å². The van der Waals surface area contributed by atoms with Gasteiger partial charge in [0, 0.05) is 31.6 Å². The number of esters is 4. The van der Waals surface area contributed by atoms with Crippen LogP contribution in [-0.2, 0) is 47.5 Å². The van der Waals surface area contributed by atoms with E-state index in [4.69, 9.17) is 33.2 Å². The van der Waals surface area contributed by atoms with Gasteiger partial charge in [0.1, 0.15) is 36.6 Å². The summed E-state index contributed by atoms with van der Waals surface area (Å²) in [5, 5.41) is 0. The minimum Gasteiger partial charge on any atom is -0.462 e. The topological polar surface area (TPSA) is 133 Å². The summed E-state index contributed by atoms with van der Waals surface area (Å²) in [6, 6.07) is 8.07. The highest BCUT2D eigenvalue weighted by atomic mass is 19.4. The van der Waals surface area contributed by atoms with Crippen molar-refractivity contribution in [2.24, 2.45) is 22.7 Å². The standard InChI is InChI=1S/C36H43F3O11/c1-17-22(45-18(2)40)14-21-26(47-30(42)20-12-10-9-11-13-20)28-34(8,29-27(25(17)32(21,4)5)48-33(6,7)49-29)23(46-19(3)41)15-24-35(28,16-44-24)50-31(43)36(37,38)39/h9-13,21-24,26-29H,14-16H2,1-8H3/t21-,22-,23-,24+,26+,27+,28-,29-,34+,35-/m0/s1. The van der Waals surface area contributed by atoms with E-state index >= 15 is 0 Å². The van der Waals surface area contributed by atoms with Crippen molar-refractivity contribution < 1.29 is 65.5 Å². The monoisotopic (exact) mass is 708 g/mol. The van der Waals surface area contributed by atoms with Crippen molar-refractivity contribution in [2.45, 2.75) is 122 Å². The molecule has 11 nitrogen and oxygen atoms in total. The maximum Gasteiger partial charge on any atom is 0.490 e. The molecule has 2 saturated carbocycles. The zero-order valence-electron chi connectivity index (χ0n) is 29.3. The number of hydrogen-bond acceptors (Lipinski definition) is 11. The lowest BCUT2D eigenvalue weighted by molar-refractivity contribution is -0.359. The second-order valence-corrected chi connectivity index (χ2v) is 15.3. The third-order valence-electron chi connectivity index (χ3n) is 11.5. The molecule has 5 aliphatic rings. The molecule has 2 bridgehead atoms. The number of carbonyl (C=O) groups excluding carboxylic acids is 4. The Labute approximate surface area is 288 Å². The number of halogens is 3. The van der Waals surface area contributed by atoms with Crippen LogP contribution in [0.1, 0.15) is 78.6 Å². The first kappa shape index (κ1) is 36.3. The average molecular weight is 709 g/mol. The molecule has 1 aromatic carbocycles. The molecule has 1 aromatic rings. The van der Waals surface area contributed by atoms with Crippen LogP contribution in [0.4, 0.5) is 13.2 Å². The first-order valence-corrected chi connectivity index (χ1v) is 16.7. The van der Waals surface area contributed by atoms with Crippen LogP contribution < -0.4 is 0 Å². The molecule has 0 aromatic heterocycles. The Kier molecular flexibility index (Phi) is 8.75. The maximum absolute atomic E-state index is 14.1. The molecule has 2 aliphatic heterocycles. The fourth-order valence-electron chi connectivity index (χ4n) is 9.49. The molecule has 0 radical (unpaired) electrons. The average Bonchev–Trinajstić information content (AvgIpc) is 3.32. The molecule has 0 N–H and O–H groups in total. The Morgan fingerprint density at radius 3 is 2.08 bits per heavy atom. The van der Waals surface area contributed by atoms with Crippen LogP contribution in [-0.4, -0.2) is 84.7 Å². The van der Waals surface area contributed by atoms with Gasteiger partial charge >= 0.3 is 30.1 Å². The van der Waals surface area contributed by atoms with Crippen molar-refractivity contribution in [3.8, 4) is 0 Å². The first-order chi connectivity index (χ1) is 23.1. The quantitative estimate of drug-likeness (QED) is 0.226. The minimum atomic E-state index is -5.37. The summed E-state index contributed by atoms with van der Waals surface area (Å²) in [4.78, 5) is 52.1. The summed E-state index contributed by atoms with van der Waals surface area (Å²) in [5.41, 5.74) is -2.90. The highest BCUT2D eigenvalue weighted by Gasteiger charge is 2.78. The molecule has 14 heteroatoms. The molecule has 3 aliphatic carbocycles. The van der Waals surface area contributed by atoms with E-state index in [0.29, 0.717) is 11.1 Å². The Hall–Kier alpha value is -3.49. The van der Waals surface area contributed by atoms with E-state index in [1.165, 1.54) is 26.0 Å². The van der Waals surface area contributed by atoms with Crippen LogP contribution in [0, 0.1) is 22.7 Å². The summed E-state index contributed by atoms with van der Waals surface area (Å²) < 4.78 is 85.2. The molecule has 2 saturated heterocycles. The van der Waals surface area contributed by atoms with Crippen LogP contribution in [0.5, 0.6) is 0 Å². The predicted molar refractivity (Wildman–Crippen MR) is 166 cm³/mol.